The van der Waals surface area contributed by atoms with E-state index in [2.05, 4.69) is 55.6 Å². The zero-order valence-electron chi connectivity index (χ0n) is 33.8. The fourth-order valence-electron chi connectivity index (χ4n) is 5.75. The average molecular weight is 741 g/mol. The third-order valence-corrected chi connectivity index (χ3v) is 10.1. The molecule has 0 bridgehead atoms. The minimum absolute atomic E-state index is 0.00799. The molecular weight excluding hydrogens is 659 g/mol. The third kappa shape index (κ3) is 36.9. The highest BCUT2D eigenvalue weighted by Crippen LogP contribution is 2.38. The maximum absolute atomic E-state index is 12.8. The molecule has 0 aliphatic carbocycles. The molecule has 0 saturated carbocycles. The quantitative estimate of drug-likeness (QED) is 0.0284. The molecule has 51 heavy (non-hydrogen) atoms. The predicted molar refractivity (Wildman–Crippen MR) is 215 cm³/mol. The van der Waals surface area contributed by atoms with E-state index in [0.717, 1.165) is 64.2 Å². The number of allylic oxidation sites excluding steroid dienone is 6. The molecular formula is C42H81N2O6P. The fraction of sp³-hybridized carbons (Fsp3) is 0.833. The standard InChI is InChI=1S/C42H81N2O6P/c1-6-8-10-12-14-16-17-18-19-20-21-22-23-24-25-26-27-28-30-32-34-36-42(46)43-40(39-50-51(47,48)49-38-37-44(3,4)5)41(45)35-33-31-29-15-13-11-9-7-2/h17-18,20-21,23-24,40-41,45H,6-16,19,22,25-39H2,1-5H3,(H-,43,46,47,48)/b18-17-,21-20-,24-23-. The number of aliphatic hydroxyl groups is 1. The molecule has 0 heterocycles. The summed E-state index contributed by atoms with van der Waals surface area (Å²) in [4.78, 5) is 25.2. The van der Waals surface area contributed by atoms with Crippen LogP contribution in [-0.2, 0) is 18.4 Å². The van der Waals surface area contributed by atoms with E-state index in [1.165, 1.54) is 83.5 Å². The second-order valence-electron chi connectivity index (χ2n) is 15.3. The van der Waals surface area contributed by atoms with Crippen LogP contribution in [0.1, 0.15) is 174 Å². The molecule has 2 N–H and O–H groups in total. The van der Waals surface area contributed by atoms with E-state index in [1.54, 1.807) is 0 Å². The summed E-state index contributed by atoms with van der Waals surface area (Å²) >= 11 is 0. The summed E-state index contributed by atoms with van der Waals surface area (Å²) in [5.41, 5.74) is 0. The van der Waals surface area contributed by atoms with Crippen molar-refractivity contribution in [3.8, 4) is 0 Å². The van der Waals surface area contributed by atoms with Crippen LogP contribution >= 0.6 is 7.82 Å². The smallest absolute Gasteiger partial charge is 0.268 e. The van der Waals surface area contributed by atoms with Crippen molar-refractivity contribution in [2.24, 2.45) is 0 Å². The molecule has 0 rings (SSSR count). The first-order valence-electron chi connectivity index (χ1n) is 20.8. The predicted octanol–water partition coefficient (Wildman–Crippen LogP) is 10.5. The third-order valence-electron chi connectivity index (χ3n) is 9.13. The van der Waals surface area contributed by atoms with E-state index >= 15 is 0 Å². The van der Waals surface area contributed by atoms with Gasteiger partial charge in [0, 0.05) is 6.42 Å². The lowest BCUT2D eigenvalue weighted by Crippen LogP contribution is -2.46. The topological polar surface area (TPSA) is 108 Å². The molecule has 0 aliphatic rings. The number of hydrogen-bond donors (Lipinski definition) is 2. The van der Waals surface area contributed by atoms with Crippen molar-refractivity contribution in [2.75, 3.05) is 40.9 Å². The molecule has 0 radical (unpaired) electrons. The number of phosphoric acid groups is 1. The fourth-order valence-corrected chi connectivity index (χ4v) is 6.47. The van der Waals surface area contributed by atoms with Gasteiger partial charge in [-0.1, -0.05) is 153 Å². The molecule has 3 unspecified atom stereocenters. The Morgan fingerprint density at radius 2 is 1.14 bits per heavy atom. The van der Waals surface area contributed by atoms with Crippen molar-refractivity contribution in [3.63, 3.8) is 0 Å². The van der Waals surface area contributed by atoms with Gasteiger partial charge in [0.1, 0.15) is 13.2 Å². The normalized spacial score (nSPS) is 14.9. The summed E-state index contributed by atoms with van der Waals surface area (Å²) < 4.78 is 23.1. The highest BCUT2D eigenvalue weighted by Gasteiger charge is 2.24. The molecule has 9 heteroatoms. The number of hydrogen-bond acceptors (Lipinski definition) is 6. The van der Waals surface area contributed by atoms with Crippen LogP contribution in [0.25, 0.3) is 0 Å². The zero-order chi connectivity index (χ0) is 37.9. The molecule has 300 valence electrons. The Morgan fingerprint density at radius 3 is 1.65 bits per heavy atom. The summed E-state index contributed by atoms with van der Waals surface area (Å²) in [6.45, 7) is 4.64. The van der Waals surface area contributed by atoms with Gasteiger partial charge in [-0.05, 0) is 51.4 Å². The van der Waals surface area contributed by atoms with Gasteiger partial charge in [-0.25, -0.2) is 0 Å². The maximum atomic E-state index is 12.8. The summed E-state index contributed by atoms with van der Waals surface area (Å²) in [6, 6.07) is -0.804. The first kappa shape index (κ1) is 49.7. The lowest BCUT2D eigenvalue weighted by Gasteiger charge is -2.30. The van der Waals surface area contributed by atoms with Crippen LogP contribution in [0.3, 0.4) is 0 Å². The Labute approximate surface area is 315 Å². The summed E-state index contributed by atoms with van der Waals surface area (Å²) in [6.07, 6.45) is 40.1. The maximum Gasteiger partial charge on any atom is 0.268 e. The van der Waals surface area contributed by atoms with E-state index in [9.17, 15) is 19.4 Å². The van der Waals surface area contributed by atoms with Gasteiger partial charge in [0.15, 0.2) is 0 Å². The monoisotopic (exact) mass is 741 g/mol. The van der Waals surface area contributed by atoms with E-state index < -0.39 is 20.0 Å². The van der Waals surface area contributed by atoms with E-state index in [0.29, 0.717) is 23.9 Å². The Morgan fingerprint density at radius 1 is 0.686 bits per heavy atom. The molecule has 1 amide bonds. The average Bonchev–Trinajstić information content (AvgIpc) is 3.07. The van der Waals surface area contributed by atoms with Crippen molar-refractivity contribution in [1.29, 1.82) is 0 Å². The highest BCUT2D eigenvalue weighted by molar-refractivity contribution is 7.45. The van der Waals surface area contributed by atoms with E-state index in [1.807, 2.05) is 21.1 Å². The number of nitrogens with zero attached hydrogens (tertiary/aromatic N) is 1. The van der Waals surface area contributed by atoms with Crippen LogP contribution in [0.5, 0.6) is 0 Å². The molecule has 8 nitrogen and oxygen atoms in total. The van der Waals surface area contributed by atoms with Crippen molar-refractivity contribution in [3.05, 3.63) is 36.5 Å². The van der Waals surface area contributed by atoms with Crippen molar-refractivity contribution < 1.29 is 32.9 Å². The number of aliphatic hydroxyl groups excluding tert-OH is 1. The Bertz CT molecular complexity index is 933. The van der Waals surface area contributed by atoms with Crippen molar-refractivity contribution in [2.45, 2.75) is 187 Å². The molecule has 0 aromatic carbocycles. The number of rotatable bonds is 37. The Balaban J connectivity index is 4.30. The molecule has 0 aromatic heterocycles. The van der Waals surface area contributed by atoms with Gasteiger partial charge < -0.3 is 28.8 Å². The lowest BCUT2D eigenvalue weighted by molar-refractivity contribution is -0.870. The Hall–Kier alpha value is -1.28. The van der Waals surface area contributed by atoms with Crippen LogP contribution in [0.15, 0.2) is 36.5 Å². The summed E-state index contributed by atoms with van der Waals surface area (Å²) in [5, 5.41) is 13.8. The van der Waals surface area contributed by atoms with Gasteiger partial charge in [0.25, 0.3) is 7.82 Å². The van der Waals surface area contributed by atoms with Crippen LogP contribution in [-0.4, -0.2) is 68.5 Å². The number of amides is 1. The molecule has 0 aliphatic heterocycles. The van der Waals surface area contributed by atoms with Crippen LogP contribution in [0.2, 0.25) is 0 Å². The number of quaternary nitrogens is 1. The summed E-state index contributed by atoms with van der Waals surface area (Å²) in [5.74, 6) is -0.182. The Kier molecular flexibility index (Phi) is 33.6. The second-order valence-corrected chi connectivity index (χ2v) is 16.8. The van der Waals surface area contributed by atoms with Crippen molar-refractivity contribution in [1.82, 2.24) is 5.32 Å². The second kappa shape index (κ2) is 34.5. The number of carbonyl (C=O) groups excluding carboxylic acids is 1. The van der Waals surface area contributed by atoms with Gasteiger partial charge in [0.2, 0.25) is 5.91 Å². The molecule has 0 saturated heterocycles. The first-order valence-corrected chi connectivity index (χ1v) is 22.3. The number of unbranched alkanes of at least 4 members (excludes halogenated alkanes) is 18. The van der Waals surface area contributed by atoms with Gasteiger partial charge in [-0.3, -0.25) is 9.36 Å². The minimum atomic E-state index is -4.56. The molecule has 0 aromatic rings. The van der Waals surface area contributed by atoms with E-state index in [-0.39, 0.29) is 19.1 Å². The van der Waals surface area contributed by atoms with Crippen LogP contribution in [0, 0.1) is 0 Å². The highest BCUT2D eigenvalue weighted by atomic mass is 31.2. The lowest BCUT2D eigenvalue weighted by atomic mass is 10.0. The zero-order valence-corrected chi connectivity index (χ0v) is 34.7. The van der Waals surface area contributed by atoms with Crippen LogP contribution in [0.4, 0.5) is 0 Å². The van der Waals surface area contributed by atoms with Gasteiger partial charge in [-0.2, -0.15) is 0 Å². The molecule has 0 fully saturated rings. The van der Waals surface area contributed by atoms with Crippen molar-refractivity contribution >= 4 is 13.7 Å². The first-order chi connectivity index (χ1) is 24.5. The number of carbonyl (C=O) groups is 1. The largest absolute Gasteiger partial charge is 0.756 e. The minimum Gasteiger partial charge on any atom is -0.756 e. The number of nitrogens with one attached hydrogen (secondary N) is 1. The van der Waals surface area contributed by atoms with Crippen LogP contribution < -0.4 is 10.2 Å². The van der Waals surface area contributed by atoms with Gasteiger partial charge in [-0.15, -0.1) is 0 Å². The van der Waals surface area contributed by atoms with Gasteiger partial charge in [0.05, 0.1) is 39.9 Å². The number of phosphoric ester groups is 1. The van der Waals surface area contributed by atoms with E-state index in [4.69, 9.17) is 9.05 Å². The van der Waals surface area contributed by atoms with Gasteiger partial charge >= 0.3 is 0 Å². The SMILES string of the molecule is CCCCCCC/C=C\C/C=C\C/C=C\CCCCCCCCC(=O)NC(COP(=O)([O-])OCC[N+](C)(C)C)C(O)CCCCCCCCCC. The number of likely N-dealkylation sites (N-methyl/N-ethyl adjacent to an activating group) is 1. The summed E-state index contributed by atoms with van der Waals surface area (Å²) in [7, 11) is 1.29. The molecule has 3 atom stereocenters. The molecule has 0 spiro atoms.